The smallest absolute Gasteiger partial charge is 0.253 e. The van der Waals surface area contributed by atoms with Crippen LogP contribution in [-0.4, -0.2) is 70.9 Å². The normalized spacial score (nSPS) is 18.7. The number of piperidine rings is 1. The van der Waals surface area contributed by atoms with Gasteiger partial charge in [-0.05, 0) is 38.1 Å². The van der Waals surface area contributed by atoms with Crippen molar-refractivity contribution in [2.24, 2.45) is 0 Å². The average Bonchev–Trinajstić information content (AvgIpc) is 2.60. The Kier molecular flexibility index (Phi) is 5.84. The van der Waals surface area contributed by atoms with Crippen molar-refractivity contribution in [1.82, 2.24) is 14.5 Å². The third-order valence-corrected chi connectivity index (χ3v) is 6.12. The Morgan fingerprint density at radius 3 is 2.67 bits per heavy atom. The number of carbonyl (C=O) groups excluding carboxylic acids is 1. The number of nitrogens with zero attached hydrogens (tertiary/aromatic N) is 2. The Morgan fingerprint density at radius 2 is 2.08 bits per heavy atom. The highest BCUT2D eigenvalue weighted by Gasteiger charge is 2.27. The number of sulfonamides is 1. The van der Waals surface area contributed by atoms with Crippen LogP contribution in [-0.2, 0) is 10.0 Å². The summed E-state index contributed by atoms with van der Waals surface area (Å²) in [5.74, 6) is 0.0693. The molecule has 1 aliphatic heterocycles. The fourth-order valence-corrected chi connectivity index (χ4v) is 3.86. The second-order valence-electron chi connectivity index (χ2n) is 6.03. The average molecular weight is 355 g/mol. The van der Waals surface area contributed by atoms with Gasteiger partial charge in [0.1, 0.15) is 10.6 Å². The molecule has 1 aromatic rings. The Bertz CT molecular complexity index is 703. The molecule has 1 aromatic carbocycles. The maximum Gasteiger partial charge on any atom is 0.253 e. The fraction of sp³-hybridized carbons (Fsp3) is 0.562. The molecule has 0 aromatic heterocycles. The summed E-state index contributed by atoms with van der Waals surface area (Å²) in [6.45, 7) is 1.30. The van der Waals surface area contributed by atoms with E-state index >= 15 is 0 Å². The Balaban J connectivity index is 2.36. The van der Waals surface area contributed by atoms with Crippen molar-refractivity contribution in [1.29, 1.82) is 0 Å². The fourth-order valence-electron chi connectivity index (χ4n) is 2.79. The highest BCUT2D eigenvalue weighted by molar-refractivity contribution is 7.89. The molecule has 1 amide bonds. The van der Waals surface area contributed by atoms with Gasteiger partial charge in [0.2, 0.25) is 10.0 Å². The van der Waals surface area contributed by atoms with E-state index in [4.69, 9.17) is 4.74 Å². The summed E-state index contributed by atoms with van der Waals surface area (Å²) in [6, 6.07) is 4.81. The minimum Gasteiger partial charge on any atom is -0.495 e. The zero-order valence-electron chi connectivity index (χ0n) is 14.6. The van der Waals surface area contributed by atoms with Crippen molar-refractivity contribution in [3.63, 3.8) is 0 Å². The highest BCUT2D eigenvalue weighted by atomic mass is 32.2. The quantitative estimate of drug-likeness (QED) is 0.844. The summed E-state index contributed by atoms with van der Waals surface area (Å²) >= 11 is 0. The van der Waals surface area contributed by atoms with Gasteiger partial charge in [0.15, 0.2) is 0 Å². The van der Waals surface area contributed by atoms with Crippen LogP contribution >= 0.6 is 0 Å². The van der Waals surface area contributed by atoms with Crippen LogP contribution in [0.2, 0.25) is 0 Å². The van der Waals surface area contributed by atoms with E-state index in [0.29, 0.717) is 18.7 Å². The number of likely N-dealkylation sites (N-methyl/N-ethyl adjacent to an activating group) is 1. The number of ether oxygens (including phenoxy) is 1. The highest BCUT2D eigenvalue weighted by Crippen LogP contribution is 2.27. The first-order valence-corrected chi connectivity index (χ1v) is 9.32. The van der Waals surface area contributed by atoms with Crippen LogP contribution in [0, 0.1) is 0 Å². The lowest BCUT2D eigenvalue weighted by molar-refractivity contribution is 0.0698. The van der Waals surface area contributed by atoms with Crippen LogP contribution in [0.25, 0.3) is 0 Å². The summed E-state index contributed by atoms with van der Waals surface area (Å²) in [7, 11) is 2.50. The summed E-state index contributed by atoms with van der Waals surface area (Å²) in [5, 5.41) is 3.19. The summed E-state index contributed by atoms with van der Waals surface area (Å²) in [5.41, 5.74) is 0.355. The molecular formula is C16H25N3O4S. The van der Waals surface area contributed by atoms with Crippen LogP contribution < -0.4 is 10.1 Å². The Labute approximate surface area is 143 Å². The molecule has 24 heavy (non-hydrogen) atoms. The number of hydrogen-bond donors (Lipinski definition) is 1. The summed E-state index contributed by atoms with van der Waals surface area (Å²) in [6.07, 6.45) is 1.96. The van der Waals surface area contributed by atoms with Crippen LogP contribution in [0.4, 0.5) is 0 Å². The molecule has 1 unspecified atom stereocenters. The van der Waals surface area contributed by atoms with Gasteiger partial charge in [0, 0.05) is 38.8 Å². The molecule has 1 heterocycles. The van der Waals surface area contributed by atoms with Crippen LogP contribution in [0.5, 0.6) is 5.75 Å². The molecule has 1 atom stereocenters. The van der Waals surface area contributed by atoms with E-state index in [1.807, 2.05) is 7.05 Å². The molecule has 0 aliphatic carbocycles. The van der Waals surface area contributed by atoms with E-state index < -0.39 is 10.0 Å². The van der Waals surface area contributed by atoms with E-state index in [2.05, 4.69) is 5.32 Å². The SMILES string of the molecule is CNC1CCCN(C(=O)c2ccc(OC)c(S(=O)(=O)N(C)C)c2)C1. The van der Waals surface area contributed by atoms with Crippen LogP contribution in [0.15, 0.2) is 23.1 Å². The van der Waals surface area contributed by atoms with Gasteiger partial charge >= 0.3 is 0 Å². The lowest BCUT2D eigenvalue weighted by Crippen LogP contribution is -2.47. The first-order chi connectivity index (χ1) is 11.3. The van der Waals surface area contributed by atoms with Gasteiger partial charge in [-0.15, -0.1) is 0 Å². The van der Waals surface area contributed by atoms with Crippen molar-refractivity contribution in [2.75, 3.05) is 41.3 Å². The number of likely N-dealkylation sites (tertiary alicyclic amines) is 1. The number of nitrogens with one attached hydrogen (secondary N) is 1. The van der Waals surface area contributed by atoms with E-state index in [9.17, 15) is 13.2 Å². The van der Waals surface area contributed by atoms with E-state index in [1.54, 1.807) is 11.0 Å². The number of benzene rings is 1. The predicted molar refractivity (Wildman–Crippen MR) is 91.9 cm³/mol. The maximum atomic E-state index is 12.8. The van der Waals surface area contributed by atoms with Gasteiger partial charge < -0.3 is 15.0 Å². The first kappa shape index (κ1) is 18.7. The van der Waals surface area contributed by atoms with Crippen molar-refractivity contribution < 1.29 is 17.9 Å². The minimum absolute atomic E-state index is 0.00280. The standard InChI is InChI=1S/C16H25N3O4S/c1-17-13-6-5-9-19(11-13)16(20)12-7-8-14(23-4)15(10-12)24(21,22)18(2)3/h7-8,10,13,17H,5-6,9,11H2,1-4H3. The largest absolute Gasteiger partial charge is 0.495 e. The Morgan fingerprint density at radius 1 is 1.38 bits per heavy atom. The first-order valence-electron chi connectivity index (χ1n) is 7.88. The summed E-state index contributed by atoms with van der Waals surface area (Å²) in [4.78, 5) is 14.5. The minimum atomic E-state index is -3.70. The van der Waals surface area contributed by atoms with Gasteiger partial charge in [0.05, 0.1) is 7.11 Å². The van der Waals surface area contributed by atoms with Crippen molar-refractivity contribution in [2.45, 2.75) is 23.8 Å². The summed E-state index contributed by atoms with van der Waals surface area (Å²) < 4.78 is 31.2. The van der Waals surface area contributed by atoms with Gasteiger partial charge in [-0.3, -0.25) is 4.79 Å². The molecule has 1 aliphatic rings. The molecule has 1 fully saturated rings. The third kappa shape index (κ3) is 3.71. The molecule has 1 N–H and O–H groups in total. The van der Waals surface area contributed by atoms with Crippen molar-refractivity contribution in [3.05, 3.63) is 23.8 Å². The Hall–Kier alpha value is -1.64. The zero-order chi connectivity index (χ0) is 17.9. The molecule has 1 saturated heterocycles. The number of amides is 1. The van der Waals surface area contributed by atoms with E-state index in [0.717, 1.165) is 17.1 Å². The van der Waals surface area contributed by atoms with Gasteiger partial charge in [-0.2, -0.15) is 0 Å². The molecular weight excluding hydrogens is 330 g/mol. The lowest BCUT2D eigenvalue weighted by Gasteiger charge is -2.32. The molecule has 0 saturated carbocycles. The van der Waals surface area contributed by atoms with Gasteiger partial charge in [0.25, 0.3) is 5.91 Å². The van der Waals surface area contributed by atoms with Gasteiger partial charge in [-0.25, -0.2) is 12.7 Å². The molecule has 2 rings (SSSR count). The van der Waals surface area contributed by atoms with Gasteiger partial charge in [-0.1, -0.05) is 0 Å². The van der Waals surface area contributed by atoms with E-state index in [1.165, 1.54) is 33.3 Å². The van der Waals surface area contributed by atoms with Crippen molar-refractivity contribution >= 4 is 15.9 Å². The predicted octanol–water partition coefficient (Wildman–Crippen LogP) is 0.770. The second kappa shape index (κ2) is 7.50. The third-order valence-electron chi connectivity index (χ3n) is 4.29. The molecule has 7 nitrogen and oxygen atoms in total. The molecule has 134 valence electrons. The zero-order valence-corrected chi connectivity index (χ0v) is 15.4. The number of hydrogen-bond acceptors (Lipinski definition) is 5. The number of carbonyl (C=O) groups is 1. The molecule has 0 spiro atoms. The van der Waals surface area contributed by atoms with Crippen molar-refractivity contribution in [3.8, 4) is 5.75 Å². The number of rotatable bonds is 5. The molecule has 0 bridgehead atoms. The van der Waals surface area contributed by atoms with Crippen LogP contribution in [0.1, 0.15) is 23.2 Å². The van der Waals surface area contributed by atoms with E-state index in [-0.39, 0.29) is 22.6 Å². The maximum absolute atomic E-state index is 12.8. The molecule has 8 heteroatoms. The van der Waals surface area contributed by atoms with Crippen LogP contribution in [0.3, 0.4) is 0 Å². The lowest BCUT2D eigenvalue weighted by atomic mass is 10.0. The topological polar surface area (TPSA) is 79.0 Å². The monoisotopic (exact) mass is 355 g/mol. The number of methoxy groups -OCH3 is 1. The molecule has 0 radical (unpaired) electrons. The second-order valence-corrected chi connectivity index (χ2v) is 8.15.